The molecule has 0 aliphatic carbocycles. The van der Waals surface area contributed by atoms with Crippen LogP contribution < -0.4 is 10.6 Å². The van der Waals surface area contributed by atoms with Crippen molar-refractivity contribution >= 4 is 22.9 Å². The molecule has 0 unspecified atom stereocenters. The van der Waals surface area contributed by atoms with Gasteiger partial charge in [0.05, 0.1) is 5.69 Å². The molecule has 0 aliphatic heterocycles. The van der Waals surface area contributed by atoms with Gasteiger partial charge in [-0.2, -0.15) is 0 Å². The van der Waals surface area contributed by atoms with Crippen molar-refractivity contribution < 1.29 is 4.39 Å². The van der Waals surface area contributed by atoms with Crippen molar-refractivity contribution in [3.8, 4) is 0 Å². The average molecular weight is 254 g/mol. The summed E-state index contributed by atoms with van der Waals surface area (Å²) in [7, 11) is 1.91. The molecule has 0 aromatic heterocycles. The maximum Gasteiger partial charge on any atom is 0.147 e. The van der Waals surface area contributed by atoms with Gasteiger partial charge in [0.15, 0.2) is 0 Å². The van der Waals surface area contributed by atoms with E-state index < -0.39 is 0 Å². The molecule has 0 fully saturated rings. The Kier molecular flexibility index (Phi) is 4.87. The first-order chi connectivity index (χ1) is 8.01. The number of nitrogens with two attached hydrogens (primary N) is 1. The highest BCUT2D eigenvalue weighted by Crippen LogP contribution is 2.23. The minimum atomic E-state index is -0.273. The standard InChI is InChI=1S/C13H19FN2S/c1-4-10(5-2)16(3)12-7-6-9(13(15)17)8-11(12)14/h6-8,10H,4-5H2,1-3H3,(H2,15,17). The maximum absolute atomic E-state index is 13.9. The molecule has 0 aliphatic rings. The molecule has 1 rings (SSSR count). The van der Waals surface area contributed by atoms with Crippen molar-refractivity contribution in [2.24, 2.45) is 5.73 Å². The third-order valence-electron chi connectivity index (χ3n) is 3.10. The zero-order chi connectivity index (χ0) is 13.0. The average Bonchev–Trinajstić information content (AvgIpc) is 2.30. The Morgan fingerprint density at radius 3 is 2.41 bits per heavy atom. The zero-order valence-electron chi connectivity index (χ0n) is 10.5. The second-order valence-corrected chi connectivity index (χ2v) is 4.55. The summed E-state index contributed by atoms with van der Waals surface area (Å²) in [6.45, 7) is 4.21. The van der Waals surface area contributed by atoms with Gasteiger partial charge in [-0.1, -0.05) is 26.1 Å². The molecule has 2 N–H and O–H groups in total. The summed E-state index contributed by atoms with van der Waals surface area (Å²) in [5, 5.41) is 0. The summed E-state index contributed by atoms with van der Waals surface area (Å²) < 4.78 is 13.9. The summed E-state index contributed by atoms with van der Waals surface area (Å²) in [6, 6.07) is 5.25. The molecule has 17 heavy (non-hydrogen) atoms. The van der Waals surface area contributed by atoms with Crippen LogP contribution in [0.2, 0.25) is 0 Å². The monoisotopic (exact) mass is 254 g/mol. The molecule has 0 amide bonds. The van der Waals surface area contributed by atoms with Crippen LogP contribution in [0.3, 0.4) is 0 Å². The molecule has 2 nitrogen and oxygen atoms in total. The molecule has 4 heteroatoms. The molecule has 1 aromatic rings. The number of nitrogens with zero attached hydrogens (tertiary/aromatic N) is 1. The van der Waals surface area contributed by atoms with Crippen molar-refractivity contribution in [2.45, 2.75) is 32.7 Å². The van der Waals surface area contributed by atoms with Crippen LogP contribution >= 0.6 is 12.2 Å². The number of rotatable bonds is 5. The van der Waals surface area contributed by atoms with Gasteiger partial charge in [0.2, 0.25) is 0 Å². The van der Waals surface area contributed by atoms with Gasteiger partial charge in [-0.3, -0.25) is 0 Å². The van der Waals surface area contributed by atoms with E-state index in [9.17, 15) is 4.39 Å². The van der Waals surface area contributed by atoms with Gasteiger partial charge >= 0.3 is 0 Å². The highest BCUT2D eigenvalue weighted by Gasteiger charge is 2.15. The van der Waals surface area contributed by atoms with Gasteiger partial charge in [0.25, 0.3) is 0 Å². The van der Waals surface area contributed by atoms with E-state index in [1.165, 1.54) is 6.07 Å². The lowest BCUT2D eigenvalue weighted by atomic mass is 10.1. The minimum absolute atomic E-state index is 0.223. The van der Waals surface area contributed by atoms with E-state index in [4.69, 9.17) is 18.0 Å². The van der Waals surface area contributed by atoms with Crippen LogP contribution in [0, 0.1) is 5.82 Å². The van der Waals surface area contributed by atoms with E-state index >= 15 is 0 Å². The van der Waals surface area contributed by atoms with Gasteiger partial charge in [0, 0.05) is 18.7 Å². The second kappa shape index (κ2) is 5.96. The third kappa shape index (κ3) is 3.16. The fraction of sp³-hybridized carbons (Fsp3) is 0.462. The quantitative estimate of drug-likeness (QED) is 0.819. The molecular formula is C13H19FN2S. The summed E-state index contributed by atoms with van der Waals surface area (Å²) >= 11 is 4.83. The Balaban J connectivity index is 3.03. The third-order valence-corrected chi connectivity index (χ3v) is 3.34. The molecule has 0 saturated heterocycles. The predicted octanol–water partition coefficient (Wildman–Crippen LogP) is 3.08. The number of halogens is 1. The fourth-order valence-electron chi connectivity index (χ4n) is 1.98. The first kappa shape index (κ1) is 13.9. The van der Waals surface area contributed by atoms with E-state index in [2.05, 4.69) is 13.8 Å². The topological polar surface area (TPSA) is 29.3 Å². The SMILES string of the molecule is CCC(CC)N(C)c1ccc(C(N)=S)cc1F. The van der Waals surface area contributed by atoms with Crippen LogP contribution in [0.1, 0.15) is 32.3 Å². The van der Waals surface area contributed by atoms with Crippen LogP contribution in [0.4, 0.5) is 10.1 Å². The molecular weight excluding hydrogens is 235 g/mol. The van der Waals surface area contributed by atoms with Gasteiger partial charge in [-0.15, -0.1) is 0 Å². The largest absolute Gasteiger partial charge is 0.389 e. The summed E-state index contributed by atoms with van der Waals surface area (Å²) in [4.78, 5) is 2.19. The molecule has 0 spiro atoms. The molecule has 0 atom stereocenters. The minimum Gasteiger partial charge on any atom is -0.389 e. The normalized spacial score (nSPS) is 10.6. The number of hydrogen-bond donors (Lipinski definition) is 1. The van der Waals surface area contributed by atoms with E-state index in [0.29, 0.717) is 17.3 Å². The van der Waals surface area contributed by atoms with Crippen LogP contribution in [0.15, 0.2) is 18.2 Å². The van der Waals surface area contributed by atoms with E-state index in [0.717, 1.165) is 12.8 Å². The van der Waals surface area contributed by atoms with Crippen LogP contribution in [0.5, 0.6) is 0 Å². The summed E-state index contributed by atoms with van der Waals surface area (Å²) in [5.74, 6) is -0.273. The van der Waals surface area contributed by atoms with E-state index in [1.54, 1.807) is 12.1 Å². The number of benzene rings is 1. The Hall–Kier alpha value is -1.16. The highest BCUT2D eigenvalue weighted by atomic mass is 32.1. The Labute approximate surface area is 108 Å². The lowest BCUT2D eigenvalue weighted by Crippen LogP contribution is -2.31. The molecule has 0 radical (unpaired) electrons. The van der Waals surface area contributed by atoms with Crippen LogP contribution in [-0.2, 0) is 0 Å². The van der Waals surface area contributed by atoms with Crippen molar-refractivity contribution in [3.63, 3.8) is 0 Å². The van der Waals surface area contributed by atoms with Gasteiger partial charge in [-0.05, 0) is 31.0 Å². The first-order valence-corrected chi connectivity index (χ1v) is 6.24. The highest BCUT2D eigenvalue weighted by molar-refractivity contribution is 7.80. The van der Waals surface area contributed by atoms with E-state index in [1.807, 2.05) is 11.9 Å². The number of anilines is 1. The predicted molar refractivity (Wildman–Crippen MR) is 75.1 cm³/mol. The molecule has 0 heterocycles. The number of thiocarbonyl (C=S) groups is 1. The second-order valence-electron chi connectivity index (χ2n) is 4.11. The molecule has 0 bridgehead atoms. The molecule has 94 valence electrons. The lowest BCUT2D eigenvalue weighted by Gasteiger charge is -2.28. The van der Waals surface area contributed by atoms with E-state index in [-0.39, 0.29) is 10.8 Å². The van der Waals surface area contributed by atoms with Crippen LogP contribution in [0.25, 0.3) is 0 Å². The van der Waals surface area contributed by atoms with Crippen molar-refractivity contribution in [2.75, 3.05) is 11.9 Å². The smallest absolute Gasteiger partial charge is 0.147 e. The first-order valence-electron chi connectivity index (χ1n) is 5.83. The Morgan fingerprint density at radius 1 is 1.41 bits per heavy atom. The zero-order valence-corrected chi connectivity index (χ0v) is 11.4. The van der Waals surface area contributed by atoms with Crippen molar-refractivity contribution in [3.05, 3.63) is 29.6 Å². The fourth-order valence-corrected chi connectivity index (χ4v) is 2.11. The Morgan fingerprint density at radius 2 is 2.00 bits per heavy atom. The number of hydrogen-bond acceptors (Lipinski definition) is 2. The van der Waals surface area contributed by atoms with Gasteiger partial charge in [-0.25, -0.2) is 4.39 Å². The lowest BCUT2D eigenvalue weighted by molar-refractivity contribution is 0.566. The summed E-state index contributed by atoms with van der Waals surface area (Å²) in [6.07, 6.45) is 1.98. The van der Waals surface area contributed by atoms with Gasteiger partial charge < -0.3 is 10.6 Å². The summed E-state index contributed by atoms with van der Waals surface area (Å²) in [5.41, 5.74) is 6.64. The molecule has 0 saturated carbocycles. The van der Waals surface area contributed by atoms with Crippen molar-refractivity contribution in [1.82, 2.24) is 0 Å². The van der Waals surface area contributed by atoms with Crippen LogP contribution in [-0.4, -0.2) is 18.1 Å². The molecule has 1 aromatic carbocycles. The van der Waals surface area contributed by atoms with Gasteiger partial charge in [0.1, 0.15) is 10.8 Å². The Bertz CT molecular complexity index is 402. The van der Waals surface area contributed by atoms with Crippen molar-refractivity contribution in [1.29, 1.82) is 0 Å². The maximum atomic E-state index is 13.9.